The fraction of sp³-hybridized carbons (Fsp3) is 0.625. The van der Waals surface area contributed by atoms with Crippen LogP contribution < -0.4 is 12.4 Å². The molecule has 1 aromatic heterocycles. The molecule has 2 bridgehead atoms. The monoisotopic (exact) mass is 414 g/mol. The van der Waals surface area contributed by atoms with Gasteiger partial charge in [0.15, 0.2) is 0 Å². The molecule has 3 aliphatic rings. The van der Waals surface area contributed by atoms with Crippen LogP contribution in [0.3, 0.4) is 0 Å². The second-order valence-electron chi connectivity index (χ2n) is 6.40. The SMILES string of the molecule is C/C(=N\N=C(/[S-])N1CC2CCC(CC2)C1)c1cnc(C)cn1.[Cl-].[Cu+2]. The van der Waals surface area contributed by atoms with Crippen molar-refractivity contribution in [1.82, 2.24) is 14.9 Å². The Morgan fingerprint density at radius 3 is 2.17 bits per heavy atom. The second-order valence-corrected chi connectivity index (χ2v) is 6.77. The minimum Gasteiger partial charge on any atom is -1.00 e. The van der Waals surface area contributed by atoms with E-state index in [0.717, 1.165) is 42.0 Å². The quantitative estimate of drug-likeness (QED) is 0.216. The van der Waals surface area contributed by atoms with E-state index in [4.69, 9.17) is 12.6 Å². The molecule has 1 aliphatic carbocycles. The zero-order valence-electron chi connectivity index (χ0n) is 13.9. The van der Waals surface area contributed by atoms with Crippen molar-refractivity contribution in [2.24, 2.45) is 22.0 Å². The van der Waals surface area contributed by atoms with E-state index in [9.17, 15) is 0 Å². The molecule has 24 heavy (non-hydrogen) atoms. The molecule has 0 N–H and O–H groups in total. The van der Waals surface area contributed by atoms with Crippen molar-refractivity contribution in [2.45, 2.75) is 39.5 Å². The molecule has 0 unspecified atom stereocenters. The van der Waals surface area contributed by atoms with E-state index in [1.165, 1.54) is 25.7 Å². The Morgan fingerprint density at radius 1 is 1.08 bits per heavy atom. The van der Waals surface area contributed by atoms with Crippen LogP contribution in [0.5, 0.6) is 0 Å². The fourth-order valence-electron chi connectivity index (χ4n) is 3.26. The molecule has 0 amide bonds. The zero-order valence-corrected chi connectivity index (χ0v) is 16.4. The number of halogens is 1. The first-order valence-electron chi connectivity index (χ1n) is 7.95. The Morgan fingerprint density at radius 2 is 1.67 bits per heavy atom. The molecule has 0 spiro atoms. The maximum atomic E-state index is 5.47. The van der Waals surface area contributed by atoms with E-state index in [1.807, 2.05) is 13.8 Å². The van der Waals surface area contributed by atoms with E-state index in [-0.39, 0.29) is 29.5 Å². The minimum absolute atomic E-state index is 0. The molecule has 5 nitrogen and oxygen atoms in total. The first kappa shape index (κ1) is 21.3. The predicted octanol–water partition coefficient (Wildman–Crippen LogP) is -0.465. The van der Waals surface area contributed by atoms with Crippen molar-refractivity contribution in [2.75, 3.05) is 13.1 Å². The first-order valence-corrected chi connectivity index (χ1v) is 8.36. The molecule has 0 atom stereocenters. The third-order valence-electron chi connectivity index (χ3n) is 4.63. The average Bonchev–Trinajstić information content (AvgIpc) is 2.86. The van der Waals surface area contributed by atoms with Crippen LogP contribution in [0.4, 0.5) is 0 Å². The summed E-state index contributed by atoms with van der Waals surface area (Å²) in [6.07, 6.45) is 8.81. The minimum atomic E-state index is 0. The standard InChI is InChI=1S/C16H23N5S.ClH.Cu/c1-11-7-18-15(8-17-11)12(2)19-20-16(22)21-9-13-3-4-14(10-21)6-5-13;;/h7-8,13-14H,3-6,9-10H2,1-2H3,(H,20,22);1H;/q;;+2/p-2/b19-12+;;. The van der Waals surface area contributed by atoms with Crippen molar-refractivity contribution in [3.05, 3.63) is 23.8 Å². The number of rotatable bonds is 2. The summed E-state index contributed by atoms with van der Waals surface area (Å²) in [5.41, 5.74) is 2.38. The third-order valence-corrected chi connectivity index (χ3v) is 4.97. The summed E-state index contributed by atoms with van der Waals surface area (Å²) in [5.74, 6) is 1.56. The molecule has 3 heterocycles. The van der Waals surface area contributed by atoms with E-state index >= 15 is 0 Å². The van der Waals surface area contributed by atoms with Gasteiger partial charge in [0.2, 0.25) is 0 Å². The van der Waals surface area contributed by atoms with Crippen molar-refractivity contribution in [1.29, 1.82) is 0 Å². The van der Waals surface area contributed by atoms with Crippen molar-refractivity contribution in [3.63, 3.8) is 0 Å². The molecule has 2 aliphatic heterocycles. The number of aryl methyl sites for hydroxylation is 1. The van der Waals surface area contributed by atoms with Gasteiger partial charge in [-0.2, -0.15) is 10.2 Å². The summed E-state index contributed by atoms with van der Waals surface area (Å²) in [4.78, 5) is 10.8. The molecule has 4 rings (SSSR count). The van der Waals surface area contributed by atoms with Crippen molar-refractivity contribution >= 4 is 23.5 Å². The smallest absolute Gasteiger partial charge is 1.00 e. The summed E-state index contributed by atoms with van der Waals surface area (Å²) in [7, 11) is 0. The summed E-state index contributed by atoms with van der Waals surface area (Å²) >= 11 is 5.47. The van der Waals surface area contributed by atoms with Crippen LogP contribution in [0.2, 0.25) is 0 Å². The van der Waals surface area contributed by atoms with Crippen LogP contribution in [0.25, 0.3) is 0 Å². The van der Waals surface area contributed by atoms with Gasteiger partial charge in [-0.25, -0.2) is 0 Å². The molecular formula is C16H22ClCuN5S. The Labute approximate surface area is 166 Å². The largest absolute Gasteiger partial charge is 2.00 e. The van der Waals surface area contributed by atoms with E-state index in [2.05, 4.69) is 25.1 Å². The number of fused-ring (bicyclic) bond motifs is 4. The van der Waals surface area contributed by atoms with Crippen LogP contribution in [0, 0.1) is 18.8 Å². The van der Waals surface area contributed by atoms with Gasteiger partial charge in [0.05, 0.1) is 17.6 Å². The molecule has 1 radical (unpaired) electrons. The molecular weight excluding hydrogens is 393 g/mol. The molecule has 1 aromatic rings. The van der Waals surface area contributed by atoms with Crippen LogP contribution in [0.1, 0.15) is 44.0 Å². The van der Waals surface area contributed by atoms with Crippen LogP contribution in [-0.4, -0.2) is 38.8 Å². The normalized spacial score (nSPS) is 24.0. The van der Waals surface area contributed by atoms with Crippen LogP contribution >= 0.6 is 0 Å². The van der Waals surface area contributed by atoms with Crippen LogP contribution in [-0.2, 0) is 29.7 Å². The maximum Gasteiger partial charge on any atom is 2.00 e. The summed E-state index contributed by atoms with van der Waals surface area (Å²) in [5, 5.41) is 9.13. The summed E-state index contributed by atoms with van der Waals surface area (Å²) in [6, 6.07) is 0. The van der Waals surface area contributed by atoms with Gasteiger partial charge in [-0.3, -0.25) is 9.97 Å². The van der Waals surface area contributed by atoms with Crippen LogP contribution in [0.15, 0.2) is 22.6 Å². The second kappa shape index (κ2) is 9.66. The average molecular weight is 415 g/mol. The number of hydrogen-bond donors (Lipinski definition) is 0. The van der Waals surface area contributed by atoms with E-state index < -0.39 is 0 Å². The Bertz CT molecular complexity index is 571. The van der Waals surface area contributed by atoms with Crippen molar-refractivity contribution in [3.8, 4) is 0 Å². The van der Waals surface area contributed by atoms with Gasteiger partial charge in [0, 0.05) is 24.5 Å². The van der Waals surface area contributed by atoms with Gasteiger partial charge in [0.1, 0.15) is 5.69 Å². The van der Waals surface area contributed by atoms with Gasteiger partial charge in [-0.05, 0) is 51.4 Å². The van der Waals surface area contributed by atoms with Gasteiger partial charge < -0.3 is 29.9 Å². The van der Waals surface area contributed by atoms with Gasteiger partial charge >= 0.3 is 17.1 Å². The summed E-state index contributed by atoms with van der Waals surface area (Å²) in [6.45, 7) is 5.88. The summed E-state index contributed by atoms with van der Waals surface area (Å²) < 4.78 is 0. The molecule has 2 saturated heterocycles. The fourth-order valence-corrected chi connectivity index (χ4v) is 3.45. The van der Waals surface area contributed by atoms with E-state index in [0.29, 0.717) is 5.17 Å². The predicted molar refractivity (Wildman–Crippen MR) is 90.8 cm³/mol. The van der Waals surface area contributed by atoms with E-state index in [1.54, 1.807) is 12.4 Å². The third kappa shape index (κ3) is 5.38. The zero-order chi connectivity index (χ0) is 15.5. The van der Waals surface area contributed by atoms with Gasteiger partial charge in [-0.15, -0.1) is 0 Å². The number of nitrogens with zero attached hydrogens (tertiary/aromatic N) is 5. The van der Waals surface area contributed by atoms with Gasteiger partial charge in [-0.1, -0.05) is 0 Å². The number of amidine groups is 1. The molecule has 135 valence electrons. The number of hydrogen-bond acceptors (Lipinski definition) is 5. The molecule has 3 fully saturated rings. The topological polar surface area (TPSA) is 53.7 Å². The van der Waals surface area contributed by atoms with Crippen molar-refractivity contribution < 1.29 is 29.5 Å². The maximum absolute atomic E-state index is 5.47. The molecule has 0 aromatic carbocycles. The Balaban J connectivity index is 0.00000144. The molecule has 1 saturated carbocycles. The molecule has 8 heteroatoms. The Kier molecular flexibility index (Phi) is 8.57. The Hall–Kier alpha value is -0.751. The first-order chi connectivity index (χ1) is 10.6. The number of aromatic nitrogens is 2. The van der Waals surface area contributed by atoms with Gasteiger partial charge in [0.25, 0.3) is 0 Å².